The molecule has 4 heteroatoms. The van der Waals surface area contributed by atoms with Crippen molar-refractivity contribution in [2.45, 2.75) is 26.9 Å². The minimum atomic E-state index is -1.43. The molecular formula is C12H16O4. The van der Waals surface area contributed by atoms with E-state index in [0.29, 0.717) is 5.56 Å². The first-order valence-corrected chi connectivity index (χ1v) is 5.12. The number of benzene rings is 1. The quantitative estimate of drug-likeness (QED) is 0.765. The molecule has 0 amide bonds. The second kappa shape index (κ2) is 4.99. The van der Waals surface area contributed by atoms with Crippen LogP contribution in [0, 0.1) is 13.8 Å². The molecule has 1 aromatic rings. The van der Waals surface area contributed by atoms with Crippen LogP contribution in [0.3, 0.4) is 0 Å². The third kappa shape index (κ3) is 2.33. The predicted octanol–water partition coefficient (Wildman–Crippen LogP) is 1.61. The first kappa shape index (κ1) is 12.5. The average molecular weight is 224 g/mol. The molecule has 0 saturated carbocycles. The van der Waals surface area contributed by atoms with E-state index in [4.69, 9.17) is 4.74 Å². The Morgan fingerprint density at radius 3 is 2.62 bits per heavy atom. The zero-order valence-corrected chi connectivity index (χ0v) is 9.65. The number of phenols is 1. The van der Waals surface area contributed by atoms with Gasteiger partial charge in [0.1, 0.15) is 5.75 Å². The lowest BCUT2D eigenvalue weighted by Gasteiger charge is -2.15. The molecule has 1 unspecified atom stereocenters. The molecule has 16 heavy (non-hydrogen) atoms. The third-order valence-corrected chi connectivity index (χ3v) is 2.55. The van der Waals surface area contributed by atoms with Gasteiger partial charge in [-0.15, -0.1) is 0 Å². The number of ether oxygens (including phenoxy) is 1. The Balaban J connectivity index is 3.12. The van der Waals surface area contributed by atoms with Gasteiger partial charge in [-0.3, -0.25) is 0 Å². The molecule has 0 aromatic heterocycles. The van der Waals surface area contributed by atoms with Gasteiger partial charge in [-0.25, -0.2) is 4.79 Å². The molecule has 0 aliphatic rings. The smallest absolute Gasteiger partial charge is 0.339 e. The summed E-state index contributed by atoms with van der Waals surface area (Å²) in [5.74, 6) is -0.838. The molecule has 4 nitrogen and oxygen atoms in total. The Morgan fingerprint density at radius 1 is 1.44 bits per heavy atom. The first-order chi connectivity index (χ1) is 7.49. The molecule has 0 radical (unpaired) electrons. The number of phenolic OH excluding ortho intramolecular Hbond substituents is 1. The number of aliphatic hydroxyl groups is 1. The Bertz CT molecular complexity index is 398. The summed E-state index contributed by atoms with van der Waals surface area (Å²) >= 11 is 0. The Hall–Kier alpha value is -1.55. The maximum absolute atomic E-state index is 11.4. The number of hydrogen-bond donors (Lipinski definition) is 2. The molecule has 88 valence electrons. The van der Waals surface area contributed by atoms with Crippen molar-refractivity contribution in [3.05, 3.63) is 28.8 Å². The number of aryl methyl sites for hydroxylation is 1. The summed E-state index contributed by atoms with van der Waals surface area (Å²) in [6.45, 7) is 5.44. The van der Waals surface area contributed by atoms with E-state index in [2.05, 4.69) is 0 Å². The van der Waals surface area contributed by atoms with Gasteiger partial charge >= 0.3 is 5.97 Å². The molecule has 2 N–H and O–H groups in total. The lowest BCUT2D eigenvalue weighted by molar-refractivity contribution is -0.153. The molecular weight excluding hydrogens is 208 g/mol. The minimum Gasteiger partial charge on any atom is -0.508 e. The van der Waals surface area contributed by atoms with E-state index in [1.807, 2.05) is 6.92 Å². The molecule has 0 heterocycles. The molecule has 0 spiro atoms. The van der Waals surface area contributed by atoms with Crippen LogP contribution in [0.2, 0.25) is 0 Å². The average Bonchev–Trinajstić information content (AvgIpc) is 2.24. The predicted molar refractivity (Wildman–Crippen MR) is 59.2 cm³/mol. The number of carbonyl (C=O) groups is 1. The number of aromatic hydroxyl groups is 1. The topological polar surface area (TPSA) is 66.8 Å². The van der Waals surface area contributed by atoms with Crippen LogP contribution in [0.5, 0.6) is 5.75 Å². The lowest BCUT2D eigenvalue weighted by Crippen LogP contribution is -2.16. The van der Waals surface area contributed by atoms with Crippen molar-refractivity contribution in [2.24, 2.45) is 0 Å². The summed E-state index contributed by atoms with van der Waals surface area (Å²) in [6, 6.07) is 3.19. The summed E-state index contributed by atoms with van der Waals surface area (Å²) in [4.78, 5) is 11.4. The fourth-order valence-electron chi connectivity index (χ4n) is 1.51. The summed E-state index contributed by atoms with van der Waals surface area (Å²) in [6.07, 6.45) is -1.43. The Morgan fingerprint density at radius 2 is 2.06 bits per heavy atom. The van der Waals surface area contributed by atoms with E-state index in [1.165, 1.54) is 6.07 Å². The van der Waals surface area contributed by atoms with Gasteiger partial charge in [0.2, 0.25) is 0 Å². The van der Waals surface area contributed by atoms with Crippen molar-refractivity contribution in [3.8, 4) is 5.75 Å². The molecule has 1 rings (SSSR count). The number of esters is 1. The molecule has 0 fully saturated rings. The first-order valence-electron chi connectivity index (χ1n) is 5.12. The minimum absolute atomic E-state index is 0.0938. The van der Waals surface area contributed by atoms with Crippen LogP contribution in [0.4, 0.5) is 0 Å². The second-order valence-electron chi connectivity index (χ2n) is 3.59. The molecule has 0 bridgehead atoms. The molecule has 0 saturated heterocycles. The van der Waals surface area contributed by atoms with Crippen molar-refractivity contribution in [1.29, 1.82) is 0 Å². The summed E-state index contributed by atoms with van der Waals surface area (Å²) in [5, 5.41) is 19.4. The molecule has 1 atom stereocenters. The van der Waals surface area contributed by atoms with Crippen LogP contribution in [0.1, 0.15) is 29.7 Å². The normalized spacial score (nSPS) is 12.2. The van der Waals surface area contributed by atoms with Crippen LogP contribution < -0.4 is 0 Å². The van der Waals surface area contributed by atoms with Crippen LogP contribution >= 0.6 is 0 Å². The number of hydrogen-bond acceptors (Lipinski definition) is 4. The SMILES string of the molecule is CCOC(=O)C(O)c1c(O)ccc(C)c1C. The van der Waals surface area contributed by atoms with Crippen molar-refractivity contribution < 1.29 is 19.7 Å². The van der Waals surface area contributed by atoms with Crippen molar-refractivity contribution in [3.63, 3.8) is 0 Å². The van der Waals surface area contributed by atoms with Crippen LogP contribution in [-0.2, 0) is 9.53 Å². The van der Waals surface area contributed by atoms with Gasteiger partial charge in [0, 0.05) is 5.56 Å². The molecule has 1 aromatic carbocycles. The van der Waals surface area contributed by atoms with Crippen molar-refractivity contribution in [1.82, 2.24) is 0 Å². The van der Waals surface area contributed by atoms with E-state index in [9.17, 15) is 15.0 Å². The van der Waals surface area contributed by atoms with Crippen LogP contribution in [-0.4, -0.2) is 22.8 Å². The largest absolute Gasteiger partial charge is 0.508 e. The number of aliphatic hydroxyl groups excluding tert-OH is 1. The van der Waals surface area contributed by atoms with Crippen molar-refractivity contribution in [2.75, 3.05) is 6.61 Å². The van der Waals surface area contributed by atoms with E-state index in [-0.39, 0.29) is 17.9 Å². The highest BCUT2D eigenvalue weighted by molar-refractivity contribution is 5.78. The third-order valence-electron chi connectivity index (χ3n) is 2.55. The summed E-state index contributed by atoms with van der Waals surface area (Å²) in [5.41, 5.74) is 1.81. The summed E-state index contributed by atoms with van der Waals surface area (Å²) < 4.78 is 4.71. The van der Waals surface area contributed by atoms with Gasteiger partial charge in [-0.2, -0.15) is 0 Å². The maximum atomic E-state index is 11.4. The monoisotopic (exact) mass is 224 g/mol. The standard InChI is InChI=1S/C12H16O4/c1-4-16-12(15)11(14)10-8(3)7(2)5-6-9(10)13/h5-6,11,13-14H,4H2,1-3H3. The zero-order valence-electron chi connectivity index (χ0n) is 9.65. The van der Waals surface area contributed by atoms with Gasteiger partial charge in [0.15, 0.2) is 6.10 Å². The van der Waals surface area contributed by atoms with Gasteiger partial charge < -0.3 is 14.9 Å². The fourth-order valence-corrected chi connectivity index (χ4v) is 1.51. The van der Waals surface area contributed by atoms with E-state index >= 15 is 0 Å². The van der Waals surface area contributed by atoms with E-state index in [0.717, 1.165) is 5.56 Å². The Labute approximate surface area is 94.5 Å². The van der Waals surface area contributed by atoms with Gasteiger partial charge in [0.05, 0.1) is 6.61 Å². The zero-order chi connectivity index (χ0) is 12.3. The Kier molecular flexibility index (Phi) is 3.90. The fraction of sp³-hybridized carbons (Fsp3) is 0.417. The van der Waals surface area contributed by atoms with Gasteiger partial charge in [-0.1, -0.05) is 6.07 Å². The number of carbonyl (C=O) groups excluding carboxylic acids is 1. The van der Waals surface area contributed by atoms with E-state index < -0.39 is 12.1 Å². The highest BCUT2D eigenvalue weighted by Crippen LogP contribution is 2.30. The van der Waals surface area contributed by atoms with E-state index in [1.54, 1.807) is 19.9 Å². The summed E-state index contributed by atoms with van der Waals surface area (Å²) in [7, 11) is 0. The highest BCUT2D eigenvalue weighted by atomic mass is 16.5. The highest BCUT2D eigenvalue weighted by Gasteiger charge is 2.24. The van der Waals surface area contributed by atoms with Crippen LogP contribution in [0.25, 0.3) is 0 Å². The maximum Gasteiger partial charge on any atom is 0.339 e. The van der Waals surface area contributed by atoms with Crippen molar-refractivity contribution >= 4 is 5.97 Å². The van der Waals surface area contributed by atoms with Gasteiger partial charge in [0.25, 0.3) is 0 Å². The lowest BCUT2D eigenvalue weighted by atomic mass is 9.98. The number of rotatable bonds is 3. The second-order valence-corrected chi connectivity index (χ2v) is 3.59. The van der Waals surface area contributed by atoms with Gasteiger partial charge in [-0.05, 0) is 38.0 Å². The molecule has 0 aliphatic carbocycles. The van der Waals surface area contributed by atoms with Crippen LogP contribution in [0.15, 0.2) is 12.1 Å². The molecule has 0 aliphatic heterocycles.